The number of ether oxygens (including phenoxy) is 1. The fourth-order valence-electron chi connectivity index (χ4n) is 1.11. The van der Waals surface area contributed by atoms with Gasteiger partial charge in [0.1, 0.15) is 0 Å². The highest BCUT2D eigenvalue weighted by atomic mass is 16.5. The Labute approximate surface area is 61.4 Å². The highest BCUT2D eigenvalue weighted by Crippen LogP contribution is 1.97. The lowest BCUT2D eigenvalue weighted by Gasteiger charge is -2.12. The summed E-state index contributed by atoms with van der Waals surface area (Å²) < 4.78 is 5.29. The smallest absolute Gasteiger partial charge is 0.0620 e. The van der Waals surface area contributed by atoms with Crippen LogP contribution >= 0.6 is 0 Å². The molecule has 3 nitrogen and oxygen atoms in total. The maximum Gasteiger partial charge on any atom is 0.0620 e. The molecule has 0 saturated carbocycles. The second kappa shape index (κ2) is 4.66. The maximum atomic E-state index is 8.61. The molecule has 2 N–H and O–H groups in total. The first kappa shape index (κ1) is 7.98. The molecule has 0 aromatic carbocycles. The lowest BCUT2D eigenvalue weighted by molar-refractivity contribution is 0.122. The molecule has 3 heteroatoms. The molecule has 0 spiro atoms. The van der Waals surface area contributed by atoms with Gasteiger partial charge in [-0.25, -0.2) is 0 Å². The van der Waals surface area contributed by atoms with Crippen molar-refractivity contribution in [1.82, 2.24) is 5.32 Å². The van der Waals surface area contributed by atoms with Crippen LogP contribution in [0.25, 0.3) is 0 Å². The van der Waals surface area contributed by atoms with Crippen molar-refractivity contribution in [1.29, 1.82) is 0 Å². The molecule has 1 heterocycles. The average Bonchev–Trinajstić information content (AvgIpc) is 2.17. The predicted octanol–water partition coefficient (Wildman–Crippen LogP) is -0.253. The standard InChI is InChI=1S/C7H15NO2/c9-4-2-7-6-10-5-1-3-8-7/h7-9H,1-6H2/t7-/m1/s1. The summed E-state index contributed by atoms with van der Waals surface area (Å²) in [6, 6.07) is 0.368. The summed E-state index contributed by atoms with van der Waals surface area (Å²) in [6.45, 7) is 2.88. The van der Waals surface area contributed by atoms with Gasteiger partial charge in [0.15, 0.2) is 0 Å². The van der Waals surface area contributed by atoms with Crippen molar-refractivity contribution in [3.05, 3.63) is 0 Å². The molecule has 0 amide bonds. The zero-order valence-corrected chi connectivity index (χ0v) is 6.18. The van der Waals surface area contributed by atoms with Crippen LogP contribution in [0.5, 0.6) is 0 Å². The van der Waals surface area contributed by atoms with E-state index >= 15 is 0 Å². The van der Waals surface area contributed by atoms with Crippen molar-refractivity contribution in [2.75, 3.05) is 26.4 Å². The largest absolute Gasteiger partial charge is 0.396 e. The molecule has 60 valence electrons. The van der Waals surface area contributed by atoms with E-state index in [0.29, 0.717) is 6.04 Å². The fraction of sp³-hybridized carbons (Fsp3) is 1.00. The van der Waals surface area contributed by atoms with Crippen molar-refractivity contribution in [2.45, 2.75) is 18.9 Å². The summed E-state index contributed by atoms with van der Waals surface area (Å²) >= 11 is 0. The van der Waals surface area contributed by atoms with Crippen molar-refractivity contribution in [3.8, 4) is 0 Å². The van der Waals surface area contributed by atoms with Gasteiger partial charge in [-0.05, 0) is 19.4 Å². The Morgan fingerprint density at radius 3 is 3.30 bits per heavy atom. The summed E-state index contributed by atoms with van der Waals surface area (Å²) in [7, 11) is 0. The van der Waals surface area contributed by atoms with Gasteiger partial charge in [-0.3, -0.25) is 0 Å². The Morgan fingerprint density at radius 1 is 1.60 bits per heavy atom. The third kappa shape index (κ3) is 2.64. The molecule has 0 aromatic heterocycles. The first-order valence-electron chi connectivity index (χ1n) is 3.85. The molecule has 1 aliphatic heterocycles. The summed E-state index contributed by atoms with van der Waals surface area (Å²) in [5, 5.41) is 11.9. The molecule has 1 saturated heterocycles. The highest BCUT2D eigenvalue weighted by molar-refractivity contribution is 4.67. The summed E-state index contributed by atoms with van der Waals surface area (Å²) in [4.78, 5) is 0. The maximum absolute atomic E-state index is 8.61. The molecule has 10 heavy (non-hydrogen) atoms. The molecule has 1 rings (SSSR count). The first-order chi connectivity index (χ1) is 4.93. The van der Waals surface area contributed by atoms with E-state index in [1.807, 2.05) is 0 Å². The Bertz CT molecular complexity index is 79.7. The van der Waals surface area contributed by atoms with E-state index in [1.54, 1.807) is 0 Å². The molecule has 1 aliphatic rings. The van der Waals surface area contributed by atoms with Gasteiger partial charge < -0.3 is 15.2 Å². The Morgan fingerprint density at radius 2 is 2.50 bits per heavy atom. The van der Waals surface area contributed by atoms with Gasteiger partial charge >= 0.3 is 0 Å². The van der Waals surface area contributed by atoms with E-state index in [2.05, 4.69) is 5.32 Å². The van der Waals surface area contributed by atoms with Crippen molar-refractivity contribution in [3.63, 3.8) is 0 Å². The second-order valence-electron chi connectivity index (χ2n) is 2.59. The summed E-state index contributed by atoms with van der Waals surface area (Å²) in [5.74, 6) is 0. The van der Waals surface area contributed by atoms with Crippen LogP contribution in [-0.4, -0.2) is 37.5 Å². The Balaban J connectivity index is 2.15. The molecular formula is C7H15NO2. The third-order valence-electron chi connectivity index (χ3n) is 1.70. The van der Waals surface area contributed by atoms with E-state index in [1.165, 1.54) is 0 Å². The van der Waals surface area contributed by atoms with Crippen molar-refractivity contribution in [2.24, 2.45) is 0 Å². The minimum Gasteiger partial charge on any atom is -0.396 e. The fourth-order valence-corrected chi connectivity index (χ4v) is 1.11. The van der Waals surface area contributed by atoms with Crippen LogP contribution in [0.1, 0.15) is 12.8 Å². The van der Waals surface area contributed by atoms with Crippen molar-refractivity contribution < 1.29 is 9.84 Å². The van der Waals surface area contributed by atoms with E-state index in [4.69, 9.17) is 9.84 Å². The summed E-state index contributed by atoms with van der Waals surface area (Å²) in [6.07, 6.45) is 1.89. The number of rotatable bonds is 2. The highest BCUT2D eigenvalue weighted by Gasteiger charge is 2.09. The van der Waals surface area contributed by atoms with Crippen LogP contribution in [0.15, 0.2) is 0 Å². The minimum atomic E-state index is 0.251. The molecule has 1 atom stereocenters. The van der Waals surface area contributed by atoms with Gasteiger partial charge in [0.05, 0.1) is 6.61 Å². The number of aliphatic hydroxyl groups is 1. The van der Waals surface area contributed by atoms with Crippen LogP contribution < -0.4 is 5.32 Å². The zero-order chi connectivity index (χ0) is 7.23. The molecule has 0 bridgehead atoms. The molecule has 0 aliphatic carbocycles. The molecule has 1 fully saturated rings. The Hall–Kier alpha value is -0.120. The lowest BCUT2D eigenvalue weighted by atomic mass is 10.2. The van der Waals surface area contributed by atoms with Gasteiger partial charge in [-0.15, -0.1) is 0 Å². The van der Waals surface area contributed by atoms with E-state index in [9.17, 15) is 0 Å². The molecule has 0 unspecified atom stereocenters. The molecule has 0 radical (unpaired) electrons. The van der Waals surface area contributed by atoms with E-state index in [0.717, 1.165) is 32.6 Å². The minimum absolute atomic E-state index is 0.251. The number of nitrogens with one attached hydrogen (secondary N) is 1. The molecular weight excluding hydrogens is 130 g/mol. The lowest BCUT2D eigenvalue weighted by Crippen LogP contribution is -2.32. The number of aliphatic hydroxyl groups excluding tert-OH is 1. The SMILES string of the molecule is OCC[C@@H]1COCCCN1. The number of hydrogen-bond acceptors (Lipinski definition) is 3. The quantitative estimate of drug-likeness (QED) is 0.563. The van der Waals surface area contributed by atoms with Gasteiger partial charge in [0, 0.05) is 19.3 Å². The van der Waals surface area contributed by atoms with Gasteiger partial charge in [0.2, 0.25) is 0 Å². The van der Waals surface area contributed by atoms with Crippen LogP contribution in [0.3, 0.4) is 0 Å². The van der Waals surface area contributed by atoms with Crippen LogP contribution in [-0.2, 0) is 4.74 Å². The van der Waals surface area contributed by atoms with Gasteiger partial charge in [-0.2, -0.15) is 0 Å². The monoisotopic (exact) mass is 145 g/mol. The summed E-state index contributed by atoms with van der Waals surface area (Å²) in [5.41, 5.74) is 0. The van der Waals surface area contributed by atoms with Crippen LogP contribution in [0.2, 0.25) is 0 Å². The van der Waals surface area contributed by atoms with E-state index in [-0.39, 0.29) is 6.61 Å². The molecule has 0 aromatic rings. The topological polar surface area (TPSA) is 41.5 Å². The van der Waals surface area contributed by atoms with Gasteiger partial charge in [-0.1, -0.05) is 0 Å². The van der Waals surface area contributed by atoms with Crippen LogP contribution in [0.4, 0.5) is 0 Å². The average molecular weight is 145 g/mol. The van der Waals surface area contributed by atoms with E-state index < -0.39 is 0 Å². The number of hydrogen-bond donors (Lipinski definition) is 2. The van der Waals surface area contributed by atoms with Crippen molar-refractivity contribution >= 4 is 0 Å². The zero-order valence-electron chi connectivity index (χ0n) is 6.18. The Kier molecular flexibility index (Phi) is 3.72. The third-order valence-corrected chi connectivity index (χ3v) is 1.70. The first-order valence-corrected chi connectivity index (χ1v) is 3.85. The second-order valence-corrected chi connectivity index (χ2v) is 2.59. The normalized spacial score (nSPS) is 27.9. The van der Waals surface area contributed by atoms with Crippen LogP contribution in [0, 0.1) is 0 Å². The predicted molar refractivity (Wildman–Crippen MR) is 38.9 cm³/mol. The van der Waals surface area contributed by atoms with Gasteiger partial charge in [0.25, 0.3) is 0 Å².